The molecule has 0 aliphatic heterocycles. The van der Waals surface area contributed by atoms with E-state index >= 15 is 0 Å². The van der Waals surface area contributed by atoms with Crippen molar-refractivity contribution in [2.24, 2.45) is 5.73 Å². The summed E-state index contributed by atoms with van der Waals surface area (Å²) >= 11 is 0. The Balaban J connectivity index is 3.16. The summed E-state index contributed by atoms with van der Waals surface area (Å²) in [6.07, 6.45) is -0.274. The van der Waals surface area contributed by atoms with Gasteiger partial charge in [0.25, 0.3) is 11.4 Å². The molecule has 18 heavy (non-hydrogen) atoms. The summed E-state index contributed by atoms with van der Waals surface area (Å²) < 4.78 is 0. The number of nitro groups is 2. The number of hydrogen-bond donors (Lipinski definition) is 2. The lowest BCUT2D eigenvalue weighted by atomic mass is 10.0. The summed E-state index contributed by atoms with van der Waals surface area (Å²) in [4.78, 5) is 30.2. The summed E-state index contributed by atoms with van der Waals surface area (Å²) in [7, 11) is 0. The summed E-state index contributed by atoms with van der Waals surface area (Å²) in [5.74, 6) is -1.30. The molecule has 1 rings (SSSR count). The third kappa shape index (κ3) is 2.98. The second kappa shape index (κ2) is 5.19. The first kappa shape index (κ1) is 13.5. The fourth-order valence-electron chi connectivity index (χ4n) is 1.33. The van der Waals surface area contributed by atoms with Crippen LogP contribution in [0.3, 0.4) is 0 Å². The van der Waals surface area contributed by atoms with Gasteiger partial charge in [-0.25, -0.2) is 0 Å². The van der Waals surface area contributed by atoms with Crippen LogP contribution in [0.2, 0.25) is 0 Å². The Kier molecular flexibility index (Phi) is 3.89. The molecule has 0 heterocycles. The van der Waals surface area contributed by atoms with Crippen molar-refractivity contribution in [2.45, 2.75) is 12.5 Å². The highest BCUT2D eigenvalue weighted by atomic mass is 16.6. The first-order chi connectivity index (χ1) is 8.32. The first-order valence-corrected chi connectivity index (χ1v) is 4.73. The van der Waals surface area contributed by atoms with Crippen LogP contribution in [0.15, 0.2) is 18.2 Å². The molecule has 0 radical (unpaired) electrons. The number of aliphatic carboxylic acids is 1. The third-order valence-corrected chi connectivity index (χ3v) is 2.23. The highest BCUT2D eigenvalue weighted by Crippen LogP contribution is 2.25. The first-order valence-electron chi connectivity index (χ1n) is 4.73. The van der Waals surface area contributed by atoms with Crippen molar-refractivity contribution in [3.8, 4) is 0 Å². The van der Waals surface area contributed by atoms with E-state index < -0.39 is 33.2 Å². The van der Waals surface area contributed by atoms with Crippen molar-refractivity contribution in [3.05, 3.63) is 44.0 Å². The third-order valence-electron chi connectivity index (χ3n) is 2.23. The van der Waals surface area contributed by atoms with Crippen LogP contribution < -0.4 is 5.73 Å². The van der Waals surface area contributed by atoms with E-state index in [0.717, 1.165) is 18.2 Å². The van der Waals surface area contributed by atoms with E-state index in [2.05, 4.69) is 0 Å². The Morgan fingerprint density at radius 1 is 1.33 bits per heavy atom. The Hall–Kier alpha value is -2.55. The number of hydrogen-bond acceptors (Lipinski definition) is 6. The molecular formula is C9H9N3O6. The number of carboxylic acids is 1. The Bertz CT molecular complexity index is 515. The van der Waals surface area contributed by atoms with Gasteiger partial charge in [0.1, 0.15) is 6.04 Å². The van der Waals surface area contributed by atoms with E-state index in [1.54, 1.807) is 0 Å². The van der Waals surface area contributed by atoms with Crippen LogP contribution >= 0.6 is 0 Å². The standard InChI is InChI=1S/C9H9N3O6/c10-7(9(13)14)3-5-1-2-6(11(15)16)4-8(5)12(17)18/h1-2,4,7H,3,10H2,(H,13,14)/t7-/m0/s1. The van der Waals surface area contributed by atoms with Gasteiger partial charge in [0.2, 0.25) is 0 Å². The Morgan fingerprint density at radius 2 is 1.94 bits per heavy atom. The molecule has 0 saturated carbocycles. The molecule has 1 aromatic carbocycles. The van der Waals surface area contributed by atoms with Crippen molar-refractivity contribution >= 4 is 17.3 Å². The molecule has 3 N–H and O–H groups in total. The molecule has 0 bridgehead atoms. The van der Waals surface area contributed by atoms with E-state index in [4.69, 9.17) is 10.8 Å². The molecule has 96 valence electrons. The average Bonchev–Trinajstić information content (AvgIpc) is 2.28. The maximum Gasteiger partial charge on any atom is 0.320 e. The maximum atomic E-state index is 10.7. The molecule has 0 saturated heterocycles. The molecule has 0 fully saturated rings. The topological polar surface area (TPSA) is 150 Å². The van der Waals surface area contributed by atoms with E-state index in [1.807, 2.05) is 0 Å². The highest BCUT2D eigenvalue weighted by Gasteiger charge is 2.22. The summed E-state index contributed by atoms with van der Waals surface area (Å²) in [5.41, 5.74) is 4.35. The number of carbonyl (C=O) groups is 1. The second-order valence-electron chi connectivity index (χ2n) is 3.48. The number of nitrogens with zero attached hydrogens (tertiary/aromatic N) is 2. The number of carboxylic acid groups (broad SMARTS) is 1. The van der Waals surface area contributed by atoms with Crippen LogP contribution in [-0.4, -0.2) is 27.0 Å². The quantitative estimate of drug-likeness (QED) is 0.572. The molecular weight excluding hydrogens is 246 g/mol. The molecule has 9 heteroatoms. The number of nitrogens with two attached hydrogens (primary N) is 1. The molecule has 0 aliphatic carbocycles. The molecule has 0 aliphatic rings. The normalized spacial score (nSPS) is 11.8. The van der Waals surface area contributed by atoms with Crippen molar-refractivity contribution in [3.63, 3.8) is 0 Å². The minimum absolute atomic E-state index is 0.0421. The molecule has 0 spiro atoms. The Labute approximate surface area is 100 Å². The van der Waals surface area contributed by atoms with Crippen LogP contribution in [0.5, 0.6) is 0 Å². The van der Waals surface area contributed by atoms with Gasteiger partial charge in [-0.1, -0.05) is 0 Å². The van der Waals surface area contributed by atoms with Gasteiger partial charge < -0.3 is 10.8 Å². The molecule has 1 aromatic rings. The van der Waals surface area contributed by atoms with Crippen LogP contribution in [-0.2, 0) is 11.2 Å². The lowest BCUT2D eigenvalue weighted by Gasteiger charge is -2.06. The van der Waals surface area contributed by atoms with E-state index in [1.165, 1.54) is 0 Å². The molecule has 0 aromatic heterocycles. The molecule has 0 amide bonds. The predicted molar refractivity (Wildman–Crippen MR) is 59.1 cm³/mol. The number of benzene rings is 1. The van der Waals surface area contributed by atoms with Gasteiger partial charge in [-0.05, 0) is 6.07 Å². The number of rotatable bonds is 5. The van der Waals surface area contributed by atoms with Gasteiger partial charge in [0.05, 0.1) is 15.9 Å². The number of non-ortho nitro benzene ring substituents is 1. The fraction of sp³-hybridized carbons (Fsp3) is 0.222. The zero-order valence-electron chi connectivity index (χ0n) is 8.98. The van der Waals surface area contributed by atoms with Gasteiger partial charge in [-0.2, -0.15) is 0 Å². The van der Waals surface area contributed by atoms with Crippen molar-refractivity contribution in [2.75, 3.05) is 0 Å². The average molecular weight is 255 g/mol. The SMILES string of the molecule is N[C@@H](Cc1ccc([N+](=O)[O-])cc1[N+](=O)[O-])C(=O)O. The largest absolute Gasteiger partial charge is 0.480 e. The minimum atomic E-state index is -1.30. The maximum absolute atomic E-state index is 10.7. The zero-order valence-corrected chi connectivity index (χ0v) is 8.98. The van der Waals surface area contributed by atoms with Crippen molar-refractivity contribution < 1.29 is 19.7 Å². The van der Waals surface area contributed by atoms with Crippen molar-refractivity contribution in [1.82, 2.24) is 0 Å². The lowest BCUT2D eigenvalue weighted by Crippen LogP contribution is -2.32. The van der Waals surface area contributed by atoms with Gasteiger partial charge >= 0.3 is 5.97 Å². The smallest absolute Gasteiger partial charge is 0.320 e. The minimum Gasteiger partial charge on any atom is -0.480 e. The van der Waals surface area contributed by atoms with E-state index in [0.29, 0.717) is 0 Å². The fourth-order valence-corrected chi connectivity index (χ4v) is 1.33. The molecule has 0 unspecified atom stereocenters. The number of nitro benzene ring substituents is 2. The van der Waals surface area contributed by atoms with E-state index in [9.17, 15) is 25.0 Å². The summed E-state index contributed by atoms with van der Waals surface area (Å²) in [6, 6.07) is 1.69. The molecule has 1 atom stereocenters. The summed E-state index contributed by atoms with van der Waals surface area (Å²) in [5, 5.41) is 29.8. The predicted octanol–water partition coefficient (Wildman–Crippen LogP) is 0.457. The van der Waals surface area contributed by atoms with Gasteiger partial charge in [-0.3, -0.25) is 25.0 Å². The highest BCUT2D eigenvalue weighted by molar-refractivity contribution is 5.74. The van der Waals surface area contributed by atoms with Crippen LogP contribution in [0.1, 0.15) is 5.56 Å². The summed E-state index contributed by atoms with van der Waals surface area (Å²) in [6.45, 7) is 0. The van der Waals surface area contributed by atoms with Gasteiger partial charge in [-0.15, -0.1) is 0 Å². The second-order valence-corrected chi connectivity index (χ2v) is 3.48. The van der Waals surface area contributed by atoms with Crippen LogP contribution in [0, 0.1) is 20.2 Å². The van der Waals surface area contributed by atoms with Crippen LogP contribution in [0.4, 0.5) is 11.4 Å². The van der Waals surface area contributed by atoms with Crippen LogP contribution in [0.25, 0.3) is 0 Å². The van der Waals surface area contributed by atoms with E-state index in [-0.39, 0.29) is 12.0 Å². The van der Waals surface area contributed by atoms with Gasteiger partial charge in [0, 0.05) is 18.1 Å². The van der Waals surface area contributed by atoms with Crippen molar-refractivity contribution in [1.29, 1.82) is 0 Å². The lowest BCUT2D eigenvalue weighted by molar-refractivity contribution is -0.394. The molecule has 9 nitrogen and oxygen atoms in total. The zero-order chi connectivity index (χ0) is 13.9. The Morgan fingerprint density at radius 3 is 2.39 bits per heavy atom. The monoisotopic (exact) mass is 255 g/mol. The van der Waals surface area contributed by atoms with Gasteiger partial charge in [0.15, 0.2) is 0 Å².